The molecule has 0 saturated carbocycles. The van der Waals surface area contributed by atoms with Crippen LogP contribution in [-0.4, -0.2) is 36.7 Å². The molecular weight excluding hydrogens is 316 g/mol. The van der Waals surface area contributed by atoms with Gasteiger partial charge in [0.15, 0.2) is 0 Å². The van der Waals surface area contributed by atoms with E-state index in [1.54, 1.807) is 0 Å². The number of nitrogens with zero attached hydrogens (tertiary/aromatic N) is 1. The molecule has 3 atom stereocenters. The second-order valence-corrected chi connectivity index (χ2v) is 6.53. The number of aryl methyl sites for hydroxylation is 1. The van der Waals surface area contributed by atoms with Gasteiger partial charge in [-0.15, -0.1) is 0 Å². The lowest BCUT2D eigenvalue weighted by molar-refractivity contribution is -0.0720. The molecule has 1 saturated heterocycles. The molecule has 2 rings (SSSR count). The number of benzene rings is 1. The molecule has 0 spiro atoms. The fourth-order valence-corrected chi connectivity index (χ4v) is 3.70. The van der Waals surface area contributed by atoms with E-state index < -0.39 is 0 Å². The van der Waals surface area contributed by atoms with Gasteiger partial charge < -0.3 is 10.5 Å². The van der Waals surface area contributed by atoms with Gasteiger partial charge >= 0.3 is 0 Å². The Morgan fingerprint density at radius 1 is 1.50 bits per heavy atom. The highest BCUT2D eigenvalue weighted by molar-refractivity contribution is 9.10. The Morgan fingerprint density at radius 2 is 2.25 bits per heavy atom. The van der Waals surface area contributed by atoms with Gasteiger partial charge in [-0.25, -0.2) is 0 Å². The van der Waals surface area contributed by atoms with Gasteiger partial charge in [0.25, 0.3) is 0 Å². The van der Waals surface area contributed by atoms with Gasteiger partial charge in [0.1, 0.15) is 0 Å². The zero-order valence-electron chi connectivity index (χ0n) is 12.6. The number of ether oxygens (including phenoxy) is 1. The minimum Gasteiger partial charge on any atom is -0.376 e. The van der Waals surface area contributed by atoms with Gasteiger partial charge in [-0.1, -0.05) is 35.0 Å². The maximum Gasteiger partial charge on any atom is 0.0675 e. The van der Waals surface area contributed by atoms with Gasteiger partial charge in [-0.2, -0.15) is 0 Å². The Hall–Kier alpha value is -0.420. The van der Waals surface area contributed by atoms with Gasteiger partial charge in [-0.05, 0) is 37.5 Å². The van der Waals surface area contributed by atoms with Crippen LogP contribution in [0.15, 0.2) is 22.7 Å². The van der Waals surface area contributed by atoms with Crippen molar-refractivity contribution < 1.29 is 4.74 Å². The summed E-state index contributed by atoms with van der Waals surface area (Å²) in [4.78, 5) is 2.52. The summed E-state index contributed by atoms with van der Waals surface area (Å²) in [5, 5.41) is 0. The standard InChI is InChI=1S/C16H25BrN2O/c1-4-13-10-20-12(3)9-19(13)16(8-18)14-6-5-11(2)7-15(14)17/h5-7,12-13,16H,4,8-10,18H2,1-3H3. The van der Waals surface area contributed by atoms with Crippen LogP contribution >= 0.6 is 15.9 Å². The zero-order valence-corrected chi connectivity index (χ0v) is 14.2. The topological polar surface area (TPSA) is 38.5 Å². The predicted octanol–water partition coefficient (Wildman–Crippen LogP) is 3.26. The van der Waals surface area contributed by atoms with Crippen molar-refractivity contribution in [2.75, 3.05) is 19.7 Å². The molecule has 1 aromatic carbocycles. The van der Waals surface area contributed by atoms with Crippen LogP contribution < -0.4 is 5.73 Å². The number of morpholine rings is 1. The third kappa shape index (κ3) is 3.42. The van der Waals surface area contributed by atoms with Crippen LogP contribution in [0.4, 0.5) is 0 Å². The van der Waals surface area contributed by atoms with Crippen LogP contribution in [0, 0.1) is 6.92 Å². The Bertz CT molecular complexity index is 452. The molecule has 4 heteroatoms. The first-order chi connectivity index (χ1) is 9.56. The summed E-state index contributed by atoms with van der Waals surface area (Å²) in [6.45, 7) is 8.84. The highest BCUT2D eigenvalue weighted by atomic mass is 79.9. The summed E-state index contributed by atoms with van der Waals surface area (Å²) in [5.41, 5.74) is 8.65. The Labute approximate surface area is 130 Å². The highest BCUT2D eigenvalue weighted by Crippen LogP contribution is 2.32. The molecule has 0 aliphatic carbocycles. The van der Waals surface area contributed by atoms with Crippen molar-refractivity contribution >= 4 is 15.9 Å². The average molecular weight is 341 g/mol. The lowest BCUT2D eigenvalue weighted by Gasteiger charge is -2.43. The van der Waals surface area contributed by atoms with E-state index in [-0.39, 0.29) is 12.1 Å². The lowest BCUT2D eigenvalue weighted by Crippen LogP contribution is -2.51. The Morgan fingerprint density at radius 3 is 2.85 bits per heavy atom. The quantitative estimate of drug-likeness (QED) is 0.914. The minimum absolute atomic E-state index is 0.251. The third-order valence-electron chi connectivity index (χ3n) is 4.12. The average Bonchev–Trinajstić information content (AvgIpc) is 2.42. The molecule has 0 bridgehead atoms. The van der Waals surface area contributed by atoms with E-state index in [1.807, 2.05) is 0 Å². The fraction of sp³-hybridized carbons (Fsp3) is 0.625. The summed E-state index contributed by atoms with van der Waals surface area (Å²) in [6.07, 6.45) is 1.36. The largest absolute Gasteiger partial charge is 0.376 e. The van der Waals surface area contributed by atoms with Crippen LogP contribution in [-0.2, 0) is 4.74 Å². The van der Waals surface area contributed by atoms with E-state index in [4.69, 9.17) is 10.5 Å². The minimum atomic E-state index is 0.251. The van der Waals surface area contributed by atoms with E-state index in [0.717, 1.165) is 24.0 Å². The summed E-state index contributed by atoms with van der Waals surface area (Å²) < 4.78 is 6.95. The number of rotatable bonds is 4. The molecule has 1 fully saturated rings. The molecule has 1 aromatic rings. The molecule has 1 aliphatic heterocycles. The van der Waals surface area contributed by atoms with E-state index in [1.165, 1.54) is 11.1 Å². The third-order valence-corrected chi connectivity index (χ3v) is 4.81. The molecule has 1 heterocycles. The summed E-state index contributed by atoms with van der Waals surface area (Å²) in [7, 11) is 0. The molecule has 112 valence electrons. The first-order valence-corrected chi connectivity index (χ1v) is 8.19. The number of hydrogen-bond acceptors (Lipinski definition) is 3. The molecule has 0 radical (unpaired) electrons. The number of hydrogen-bond donors (Lipinski definition) is 1. The van der Waals surface area contributed by atoms with Gasteiger partial charge in [0.2, 0.25) is 0 Å². The maximum atomic E-state index is 6.10. The second-order valence-electron chi connectivity index (χ2n) is 5.68. The summed E-state index contributed by atoms with van der Waals surface area (Å²) >= 11 is 3.70. The van der Waals surface area contributed by atoms with Crippen LogP contribution in [0.5, 0.6) is 0 Å². The van der Waals surface area contributed by atoms with Crippen molar-refractivity contribution in [1.82, 2.24) is 4.90 Å². The Balaban J connectivity index is 2.29. The van der Waals surface area contributed by atoms with Gasteiger partial charge in [0.05, 0.1) is 12.7 Å². The monoisotopic (exact) mass is 340 g/mol. The molecule has 3 unspecified atom stereocenters. The predicted molar refractivity (Wildman–Crippen MR) is 86.9 cm³/mol. The zero-order chi connectivity index (χ0) is 14.7. The smallest absolute Gasteiger partial charge is 0.0675 e. The second kappa shape index (κ2) is 7.03. The molecule has 0 amide bonds. The SMILES string of the molecule is CCC1COC(C)CN1C(CN)c1ccc(C)cc1Br. The van der Waals surface area contributed by atoms with E-state index in [2.05, 4.69) is 59.8 Å². The molecule has 3 nitrogen and oxygen atoms in total. The number of halogens is 1. The lowest BCUT2D eigenvalue weighted by atomic mass is 9.99. The Kier molecular flexibility index (Phi) is 5.61. The molecular formula is C16H25BrN2O. The molecule has 20 heavy (non-hydrogen) atoms. The molecule has 1 aliphatic rings. The summed E-state index contributed by atoms with van der Waals surface area (Å²) in [6, 6.07) is 7.23. The first kappa shape index (κ1) is 16.0. The van der Waals surface area contributed by atoms with Gasteiger partial charge in [0, 0.05) is 29.6 Å². The van der Waals surface area contributed by atoms with Crippen molar-refractivity contribution in [2.24, 2.45) is 5.73 Å². The van der Waals surface area contributed by atoms with Crippen molar-refractivity contribution in [3.63, 3.8) is 0 Å². The number of nitrogens with two attached hydrogens (primary N) is 1. The maximum absolute atomic E-state index is 6.10. The van der Waals surface area contributed by atoms with E-state index in [0.29, 0.717) is 12.6 Å². The first-order valence-electron chi connectivity index (χ1n) is 7.40. The highest BCUT2D eigenvalue weighted by Gasteiger charge is 2.32. The van der Waals surface area contributed by atoms with E-state index >= 15 is 0 Å². The van der Waals surface area contributed by atoms with Gasteiger partial charge in [-0.3, -0.25) is 4.90 Å². The molecule has 0 aromatic heterocycles. The molecule has 2 N–H and O–H groups in total. The van der Waals surface area contributed by atoms with Crippen LogP contribution in [0.25, 0.3) is 0 Å². The van der Waals surface area contributed by atoms with Crippen LogP contribution in [0.3, 0.4) is 0 Å². The van der Waals surface area contributed by atoms with Crippen LogP contribution in [0.1, 0.15) is 37.4 Å². The fourth-order valence-electron chi connectivity index (χ4n) is 2.95. The van der Waals surface area contributed by atoms with E-state index in [9.17, 15) is 0 Å². The van der Waals surface area contributed by atoms with Crippen LogP contribution in [0.2, 0.25) is 0 Å². The normalized spacial score (nSPS) is 25.6. The van der Waals surface area contributed by atoms with Crippen molar-refractivity contribution in [2.45, 2.75) is 45.4 Å². The van der Waals surface area contributed by atoms with Crippen molar-refractivity contribution in [3.8, 4) is 0 Å². The van der Waals surface area contributed by atoms with Crippen molar-refractivity contribution in [1.29, 1.82) is 0 Å². The van der Waals surface area contributed by atoms with Crippen molar-refractivity contribution in [3.05, 3.63) is 33.8 Å². The summed E-state index contributed by atoms with van der Waals surface area (Å²) in [5.74, 6) is 0.